The van der Waals surface area contributed by atoms with Crippen LogP contribution in [0.1, 0.15) is 41.6 Å². The number of ether oxygens (including phenoxy) is 1. The molecule has 0 saturated carbocycles. The van der Waals surface area contributed by atoms with Gasteiger partial charge in [0.1, 0.15) is 0 Å². The van der Waals surface area contributed by atoms with E-state index in [-0.39, 0.29) is 23.1 Å². The van der Waals surface area contributed by atoms with Crippen molar-refractivity contribution in [2.45, 2.75) is 48.9 Å². The van der Waals surface area contributed by atoms with Gasteiger partial charge in [0.2, 0.25) is 0 Å². The second-order valence-corrected chi connectivity index (χ2v) is 12.3. The van der Waals surface area contributed by atoms with Gasteiger partial charge in [-0.2, -0.15) is 0 Å². The molecule has 5 rings (SSSR count). The zero-order valence-corrected chi connectivity index (χ0v) is 24.1. The van der Waals surface area contributed by atoms with Crippen LogP contribution >= 0.6 is 0 Å². The third kappa shape index (κ3) is 6.17. The van der Waals surface area contributed by atoms with Crippen LogP contribution in [0.4, 0.5) is 24.7 Å². The molecule has 12 heteroatoms. The van der Waals surface area contributed by atoms with E-state index < -0.39 is 20.0 Å². The summed E-state index contributed by atoms with van der Waals surface area (Å²) in [6, 6.07) is 7.82. The number of fused-ring (bicyclic) bond motifs is 3. The first-order chi connectivity index (χ1) is 19.1. The maximum absolute atomic E-state index is 13.6. The summed E-state index contributed by atoms with van der Waals surface area (Å²) in [6.07, 6.45) is 7.41. The molecule has 0 aliphatic carbocycles. The number of hydrogen-bond acceptors (Lipinski definition) is 6. The Morgan fingerprint density at radius 3 is 2.80 bits per heavy atom. The first kappa shape index (κ1) is 28.1. The van der Waals surface area contributed by atoms with Gasteiger partial charge in [0, 0.05) is 14.1 Å². The molecule has 2 aromatic heterocycles. The number of piperidine rings is 1. The summed E-state index contributed by atoms with van der Waals surface area (Å²) in [4.78, 5) is 18.2. The quantitative estimate of drug-likeness (QED) is 0.279. The molecule has 2 bridgehead atoms. The Labute approximate surface area is 237 Å². The molecule has 1 aromatic carbocycles. The van der Waals surface area contributed by atoms with Crippen LogP contribution in [0, 0.1) is 11.8 Å². The van der Waals surface area contributed by atoms with Gasteiger partial charge in [-0.15, -0.1) is 0 Å². The van der Waals surface area contributed by atoms with Crippen LogP contribution in [-0.2, 0) is 0 Å². The molecule has 0 radical (unpaired) electrons. The number of benzene rings is 1. The molecule has 212 valence electrons. The van der Waals surface area contributed by atoms with E-state index in [1.54, 1.807) is 49.0 Å². The molecular formula is C28H31F3N6O2Se. The summed E-state index contributed by atoms with van der Waals surface area (Å²) in [6.45, 7) is 0.169. The number of carbonyl (C=O) groups excluding carboxylic acids is 1. The van der Waals surface area contributed by atoms with E-state index in [1.165, 1.54) is 18.2 Å². The number of amides is 1. The SMILES string of the molecule is COc1cc(C(=O)N(C)C)ccc1NCC#Cc1cc2c(N[C@@H]3CC[C@@H]4CC[C@H]3N4)nccn2c1[Se]C(F)(F)F. The fourth-order valence-electron chi connectivity index (χ4n) is 5.33. The van der Waals surface area contributed by atoms with Crippen molar-refractivity contribution in [2.75, 3.05) is 38.4 Å². The predicted molar refractivity (Wildman–Crippen MR) is 150 cm³/mol. The fourth-order valence-corrected chi connectivity index (χ4v) is 6.79. The van der Waals surface area contributed by atoms with Gasteiger partial charge in [0.15, 0.2) is 0 Å². The number of nitrogens with one attached hydrogen (secondary N) is 3. The van der Waals surface area contributed by atoms with Gasteiger partial charge < -0.3 is 0 Å². The van der Waals surface area contributed by atoms with Crippen molar-refractivity contribution in [2.24, 2.45) is 0 Å². The van der Waals surface area contributed by atoms with Gasteiger partial charge in [-0.25, -0.2) is 0 Å². The number of carbonyl (C=O) groups is 1. The van der Waals surface area contributed by atoms with E-state index in [1.807, 2.05) is 0 Å². The molecule has 8 nitrogen and oxygen atoms in total. The Hall–Kier alpha value is -3.39. The standard InChI is InChI=1S/C28H31F3N6O2Se/c1-36(2)26(38)17-6-9-22(24(16-17)39-3)32-12-4-5-18-15-23-25(35-21-11-8-19-7-10-20(21)34-19)33-13-14-37(23)27(18)40-28(29,30)31/h6,9,13-16,19-21,32,34H,7-8,10-12H2,1-3H3,(H,33,35)/t19-,20+,21+/m0/s1. The van der Waals surface area contributed by atoms with Crippen molar-refractivity contribution in [3.05, 3.63) is 47.8 Å². The average Bonchev–Trinajstić information content (AvgIpc) is 3.48. The van der Waals surface area contributed by atoms with E-state index in [4.69, 9.17) is 4.74 Å². The topological polar surface area (TPSA) is 82.9 Å². The molecule has 0 spiro atoms. The van der Waals surface area contributed by atoms with Gasteiger partial charge >= 0.3 is 223 Å². The number of rotatable bonds is 7. The monoisotopic (exact) mass is 620 g/mol. The van der Waals surface area contributed by atoms with E-state index in [0.717, 1.165) is 25.7 Å². The Kier molecular flexibility index (Phi) is 8.17. The minimum absolute atomic E-state index is 0.139. The summed E-state index contributed by atoms with van der Waals surface area (Å²) >= 11 is -1.79. The molecule has 2 aliphatic heterocycles. The van der Waals surface area contributed by atoms with Crippen LogP contribution in [-0.4, -0.2) is 86.1 Å². The normalized spacial score (nSPS) is 20.1. The van der Waals surface area contributed by atoms with Crippen LogP contribution in [0.5, 0.6) is 5.75 Å². The van der Waals surface area contributed by atoms with Crippen molar-refractivity contribution in [1.29, 1.82) is 0 Å². The molecule has 3 N–H and O–H groups in total. The van der Waals surface area contributed by atoms with E-state index >= 15 is 0 Å². The maximum atomic E-state index is 13.6. The van der Waals surface area contributed by atoms with Crippen LogP contribution in [0.15, 0.2) is 36.7 Å². The zero-order chi connectivity index (χ0) is 28.4. The Morgan fingerprint density at radius 2 is 2.05 bits per heavy atom. The number of methoxy groups -OCH3 is 1. The molecule has 2 saturated heterocycles. The number of alkyl halides is 3. The average molecular weight is 620 g/mol. The summed E-state index contributed by atoms with van der Waals surface area (Å²) in [7, 11) is 4.84. The van der Waals surface area contributed by atoms with Gasteiger partial charge in [0.25, 0.3) is 0 Å². The molecule has 0 unspecified atom stereocenters. The van der Waals surface area contributed by atoms with E-state index in [9.17, 15) is 18.0 Å². The number of halogens is 3. The first-order valence-electron chi connectivity index (χ1n) is 13.0. The van der Waals surface area contributed by atoms with Crippen molar-refractivity contribution in [3.63, 3.8) is 0 Å². The van der Waals surface area contributed by atoms with Crippen molar-refractivity contribution in [3.8, 4) is 17.6 Å². The molecule has 40 heavy (non-hydrogen) atoms. The number of anilines is 2. The Balaban J connectivity index is 1.38. The first-order valence-corrected chi connectivity index (χ1v) is 14.7. The van der Waals surface area contributed by atoms with Crippen LogP contribution in [0.3, 0.4) is 0 Å². The fraction of sp³-hybridized carbons (Fsp3) is 0.429. The Bertz CT molecular complexity index is 1460. The second kappa shape index (κ2) is 11.6. The van der Waals surface area contributed by atoms with Gasteiger partial charge in [-0.05, 0) is 0 Å². The van der Waals surface area contributed by atoms with Crippen molar-refractivity contribution < 1.29 is 22.7 Å². The minimum atomic E-state index is -4.34. The predicted octanol–water partition coefficient (Wildman–Crippen LogP) is 3.05. The molecular weight excluding hydrogens is 588 g/mol. The van der Waals surface area contributed by atoms with Gasteiger partial charge in [0.05, 0.1) is 0 Å². The van der Waals surface area contributed by atoms with Crippen LogP contribution < -0.4 is 25.3 Å². The third-order valence-electron chi connectivity index (χ3n) is 7.22. The van der Waals surface area contributed by atoms with Crippen molar-refractivity contribution in [1.82, 2.24) is 19.6 Å². The number of nitrogens with zero attached hydrogens (tertiary/aromatic N) is 3. The summed E-state index contributed by atoms with van der Waals surface area (Å²) in [5.41, 5.74) is 2.02. The number of hydrogen-bond donors (Lipinski definition) is 3. The summed E-state index contributed by atoms with van der Waals surface area (Å²) in [5, 5.41) is 5.93. The molecule has 1 amide bonds. The summed E-state index contributed by atoms with van der Waals surface area (Å²) < 4.78 is 47.9. The third-order valence-corrected chi connectivity index (χ3v) is 8.98. The zero-order valence-electron chi connectivity index (χ0n) is 22.4. The second-order valence-electron chi connectivity index (χ2n) is 10.1. The van der Waals surface area contributed by atoms with Gasteiger partial charge in [-0.3, -0.25) is 0 Å². The molecule has 3 aromatic rings. The number of aromatic nitrogens is 2. The van der Waals surface area contributed by atoms with E-state index in [0.29, 0.717) is 46.0 Å². The van der Waals surface area contributed by atoms with Crippen LogP contribution in [0.2, 0.25) is 0 Å². The van der Waals surface area contributed by atoms with E-state index in [2.05, 4.69) is 32.8 Å². The van der Waals surface area contributed by atoms with Crippen LogP contribution in [0.25, 0.3) is 5.52 Å². The molecule has 4 heterocycles. The van der Waals surface area contributed by atoms with Gasteiger partial charge in [-0.1, -0.05) is 0 Å². The Morgan fingerprint density at radius 1 is 1.25 bits per heavy atom. The summed E-state index contributed by atoms with van der Waals surface area (Å²) in [5.74, 6) is 6.79. The van der Waals surface area contributed by atoms with Crippen molar-refractivity contribution >= 4 is 42.5 Å². The molecule has 2 fully saturated rings. The molecule has 2 aliphatic rings. The molecule has 3 atom stereocenters.